The van der Waals surface area contributed by atoms with Crippen LogP contribution < -0.4 is 10.6 Å². The number of carbonyl (C=O) groups excluding carboxylic acids is 1. The molecular weight excluding hydrogens is 214 g/mol. The first-order chi connectivity index (χ1) is 8.22. The van der Waals surface area contributed by atoms with Crippen molar-refractivity contribution in [3.63, 3.8) is 0 Å². The summed E-state index contributed by atoms with van der Waals surface area (Å²) >= 11 is 0. The minimum absolute atomic E-state index is 0.0419. The van der Waals surface area contributed by atoms with Gasteiger partial charge in [0.2, 0.25) is 5.91 Å². The molecule has 1 heterocycles. The minimum Gasteiger partial charge on any atom is -0.352 e. The predicted molar refractivity (Wildman–Crippen MR) is 66.8 cm³/mol. The van der Waals surface area contributed by atoms with Gasteiger partial charge in [-0.15, -0.1) is 0 Å². The van der Waals surface area contributed by atoms with E-state index in [1.165, 1.54) is 25.8 Å². The zero-order valence-corrected chi connectivity index (χ0v) is 10.6. The third kappa shape index (κ3) is 2.99. The zero-order chi connectivity index (χ0) is 11.8. The van der Waals surface area contributed by atoms with Gasteiger partial charge in [0.15, 0.2) is 0 Å². The summed E-state index contributed by atoms with van der Waals surface area (Å²) in [7, 11) is 0. The second-order valence-corrected chi connectivity index (χ2v) is 5.88. The highest BCUT2D eigenvalue weighted by Crippen LogP contribution is 2.29. The fraction of sp³-hybridized carbons (Fsp3) is 0.923. The molecule has 1 aliphatic heterocycles. The lowest BCUT2D eigenvalue weighted by molar-refractivity contribution is -0.123. The Morgan fingerprint density at radius 2 is 1.94 bits per heavy atom. The molecule has 0 radical (unpaired) electrons. The van der Waals surface area contributed by atoms with Crippen LogP contribution in [0.2, 0.25) is 0 Å². The second-order valence-electron chi connectivity index (χ2n) is 5.88. The molecule has 0 aromatic carbocycles. The average Bonchev–Trinajstić information content (AvgIpc) is 3.21. The van der Waals surface area contributed by atoms with E-state index >= 15 is 0 Å². The van der Waals surface area contributed by atoms with Crippen molar-refractivity contribution in [2.45, 2.75) is 63.2 Å². The molecule has 2 atom stereocenters. The molecule has 3 fully saturated rings. The summed E-state index contributed by atoms with van der Waals surface area (Å²) in [6.07, 6.45) is 6.28. The number of nitrogens with zero attached hydrogens (tertiary/aromatic N) is 1. The molecule has 0 spiro atoms. The molecule has 0 bridgehead atoms. The Balaban J connectivity index is 1.41. The van der Waals surface area contributed by atoms with E-state index in [4.69, 9.17) is 0 Å². The summed E-state index contributed by atoms with van der Waals surface area (Å²) in [5.74, 6) is 0.178. The van der Waals surface area contributed by atoms with Crippen molar-refractivity contribution in [2.75, 3.05) is 13.1 Å². The number of rotatable bonds is 5. The van der Waals surface area contributed by atoms with Crippen molar-refractivity contribution in [1.29, 1.82) is 0 Å². The molecule has 3 rings (SSSR count). The van der Waals surface area contributed by atoms with Crippen LogP contribution in [0, 0.1) is 0 Å². The first-order valence-electron chi connectivity index (χ1n) is 7.03. The Bertz CT molecular complexity index is 299. The van der Waals surface area contributed by atoms with Crippen LogP contribution >= 0.6 is 0 Å². The fourth-order valence-corrected chi connectivity index (χ4v) is 2.68. The van der Waals surface area contributed by atoms with E-state index in [1.54, 1.807) is 0 Å². The van der Waals surface area contributed by atoms with Gasteiger partial charge in [0.1, 0.15) is 0 Å². The molecule has 0 aromatic heterocycles. The maximum Gasteiger partial charge on any atom is 0.237 e. The van der Waals surface area contributed by atoms with E-state index in [0.29, 0.717) is 12.1 Å². The van der Waals surface area contributed by atoms with Crippen LogP contribution in [0.5, 0.6) is 0 Å². The van der Waals surface area contributed by atoms with Gasteiger partial charge in [-0.05, 0) is 39.0 Å². The maximum absolute atomic E-state index is 11.8. The monoisotopic (exact) mass is 237 g/mol. The number of hydrogen-bond donors (Lipinski definition) is 2. The number of likely N-dealkylation sites (tertiary alicyclic amines) is 1. The summed E-state index contributed by atoms with van der Waals surface area (Å²) < 4.78 is 0. The Morgan fingerprint density at radius 3 is 2.59 bits per heavy atom. The second kappa shape index (κ2) is 4.58. The smallest absolute Gasteiger partial charge is 0.237 e. The lowest BCUT2D eigenvalue weighted by atomic mass is 10.2. The van der Waals surface area contributed by atoms with Crippen LogP contribution in [0.1, 0.15) is 39.0 Å². The van der Waals surface area contributed by atoms with E-state index in [-0.39, 0.29) is 11.9 Å². The summed E-state index contributed by atoms with van der Waals surface area (Å²) in [6, 6.07) is 1.80. The largest absolute Gasteiger partial charge is 0.352 e. The van der Waals surface area contributed by atoms with Gasteiger partial charge < -0.3 is 10.6 Å². The molecule has 4 heteroatoms. The lowest BCUT2D eigenvalue weighted by Gasteiger charge is -2.20. The van der Waals surface area contributed by atoms with Crippen molar-refractivity contribution < 1.29 is 4.79 Å². The summed E-state index contributed by atoms with van der Waals surface area (Å²) in [5, 5.41) is 6.53. The molecule has 3 aliphatic rings. The fourth-order valence-electron chi connectivity index (χ4n) is 2.68. The van der Waals surface area contributed by atoms with Gasteiger partial charge in [-0.2, -0.15) is 0 Å². The first-order valence-corrected chi connectivity index (χ1v) is 7.03. The molecule has 0 aromatic rings. The molecule has 2 saturated carbocycles. The maximum atomic E-state index is 11.8. The Labute approximate surface area is 103 Å². The van der Waals surface area contributed by atoms with Crippen molar-refractivity contribution in [1.82, 2.24) is 15.5 Å². The third-order valence-corrected chi connectivity index (χ3v) is 4.09. The Kier molecular flexibility index (Phi) is 3.09. The van der Waals surface area contributed by atoms with Crippen LogP contribution in [0.25, 0.3) is 0 Å². The van der Waals surface area contributed by atoms with Crippen LogP contribution in [0.15, 0.2) is 0 Å². The van der Waals surface area contributed by atoms with Gasteiger partial charge >= 0.3 is 0 Å². The van der Waals surface area contributed by atoms with Crippen LogP contribution in [-0.4, -0.2) is 48.1 Å². The third-order valence-electron chi connectivity index (χ3n) is 4.09. The van der Waals surface area contributed by atoms with Crippen molar-refractivity contribution in [3.8, 4) is 0 Å². The molecule has 17 heavy (non-hydrogen) atoms. The molecule has 2 unspecified atom stereocenters. The molecule has 2 N–H and O–H groups in total. The first kappa shape index (κ1) is 11.5. The molecule has 1 saturated heterocycles. The SMILES string of the molecule is CC(NC1CCN(C2CC2)C1)C(=O)NC1CC1. The molecule has 2 aliphatic carbocycles. The van der Waals surface area contributed by atoms with Crippen molar-refractivity contribution >= 4 is 5.91 Å². The summed E-state index contributed by atoms with van der Waals surface area (Å²) in [4.78, 5) is 14.4. The number of hydrogen-bond acceptors (Lipinski definition) is 3. The highest BCUT2D eigenvalue weighted by atomic mass is 16.2. The van der Waals surface area contributed by atoms with Crippen LogP contribution in [0.4, 0.5) is 0 Å². The van der Waals surface area contributed by atoms with E-state index < -0.39 is 0 Å². The topological polar surface area (TPSA) is 44.4 Å². The number of carbonyl (C=O) groups is 1. The average molecular weight is 237 g/mol. The van der Waals surface area contributed by atoms with E-state index in [1.807, 2.05) is 6.92 Å². The van der Waals surface area contributed by atoms with Gasteiger partial charge in [0, 0.05) is 31.2 Å². The standard InChI is InChI=1S/C13H23N3O/c1-9(13(17)15-10-2-3-10)14-11-6-7-16(8-11)12-4-5-12/h9-12,14H,2-8H2,1H3,(H,15,17). The predicted octanol–water partition coefficient (Wildman–Crippen LogP) is 0.480. The van der Waals surface area contributed by atoms with Crippen LogP contribution in [-0.2, 0) is 4.79 Å². The van der Waals surface area contributed by atoms with Crippen molar-refractivity contribution in [2.24, 2.45) is 0 Å². The number of amides is 1. The molecule has 96 valence electrons. The molecule has 1 amide bonds. The Hall–Kier alpha value is -0.610. The van der Waals surface area contributed by atoms with Gasteiger partial charge in [0.25, 0.3) is 0 Å². The number of nitrogens with one attached hydrogen (secondary N) is 2. The van der Waals surface area contributed by atoms with Crippen molar-refractivity contribution in [3.05, 3.63) is 0 Å². The Morgan fingerprint density at radius 1 is 1.18 bits per heavy atom. The van der Waals surface area contributed by atoms with Crippen LogP contribution in [0.3, 0.4) is 0 Å². The molecule has 4 nitrogen and oxygen atoms in total. The lowest BCUT2D eigenvalue weighted by Crippen LogP contribution is -2.48. The molecular formula is C13H23N3O. The highest BCUT2D eigenvalue weighted by molar-refractivity contribution is 5.81. The van der Waals surface area contributed by atoms with Gasteiger partial charge in [-0.3, -0.25) is 9.69 Å². The normalized spacial score (nSPS) is 31.5. The highest BCUT2D eigenvalue weighted by Gasteiger charge is 2.35. The summed E-state index contributed by atoms with van der Waals surface area (Å²) in [6.45, 7) is 4.32. The summed E-state index contributed by atoms with van der Waals surface area (Å²) in [5.41, 5.74) is 0. The van der Waals surface area contributed by atoms with Gasteiger partial charge in [-0.1, -0.05) is 0 Å². The van der Waals surface area contributed by atoms with E-state index in [2.05, 4.69) is 15.5 Å². The van der Waals surface area contributed by atoms with Gasteiger partial charge in [-0.25, -0.2) is 0 Å². The van der Waals surface area contributed by atoms with Gasteiger partial charge in [0.05, 0.1) is 6.04 Å². The minimum atomic E-state index is -0.0419. The van der Waals surface area contributed by atoms with E-state index in [0.717, 1.165) is 25.4 Å². The quantitative estimate of drug-likeness (QED) is 0.731. The van der Waals surface area contributed by atoms with E-state index in [9.17, 15) is 4.79 Å². The zero-order valence-electron chi connectivity index (χ0n) is 10.6.